The summed E-state index contributed by atoms with van der Waals surface area (Å²) in [7, 11) is 3.31. The van der Waals surface area contributed by atoms with Crippen LogP contribution in [0.25, 0.3) is 0 Å². The van der Waals surface area contributed by atoms with E-state index in [0.29, 0.717) is 22.7 Å². The van der Waals surface area contributed by atoms with Crippen LogP contribution in [0.1, 0.15) is 23.7 Å². The van der Waals surface area contributed by atoms with Crippen molar-refractivity contribution in [1.82, 2.24) is 4.90 Å². The van der Waals surface area contributed by atoms with E-state index in [1.54, 1.807) is 32.3 Å². The number of benzene rings is 1. The summed E-state index contributed by atoms with van der Waals surface area (Å²) in [6.07, 6.45) is 0.528. The molecule has 1 unspecified atom stereocenters. The zero-order valence-electron chi connectivity index (χ0n) is 11.2. The van der Waals surface area contributed by atoms with Crippen LogP contribution in [0.15, 0.2) is 18.2 Å². The second-order valence-electron chi connectivity index (χ2n) is 4.40. The van der Waals surface area contributed by atoms with Gasteiger partial charge in [-0.05, 0) is 24.6 Å². The Morgan fingerprint density at radius 1 is 1.42 bits per heavy atom. The van der Waals surface area contributed by atoms with Gasteiger partial charge in [0.2, 0.25) is 5.91 Å². The molecule has 1 aromatic rings. The number of nitrogens with zero attached hydrogens (tertiary/aromatic N) is 1. The summed E-state index contributed by atoms with van der Waals surface area (Å²) in [6, 6.07) is 4.14. The fourth-order valence-corrected chi connectivity index (χ4v) is 1.59. The van der Waals surface area contributed by atoms with Gasteiger partial charge < -0.3 is 16.0 Å². The molecule has 19 heavy (non-hydrogen) atoms. The molecular weight excluding hydrogens is 266 g/mol. The molecule has 1 atom stereocenters. The van der Waals surface area contributed by atoms with Gasteiger partial charge in [0.25, 0.3) is 5.91 Å². The minimum absolute atomic E-state index is 0.160. The maximum Gasteiger partial charge on any atom is 0.253 e. The van der Waals surface area contributed by atoms with Gasteiger partial charge in [-0.15, -0.1) is 0 Å². The minimum atomic E-state index is -0.593. The van der Waals surface area contributed by atoms with Crippen molar-refractivity contribution in [1.29, 1.82) is 0 Å². The predicted molar refractivity (Wildman–Crippen MR) is 76.4 cm³/mol. The molecule has 5 nitrogen and oxygen atoms in total. The van der Waals surface area contributed by atoms with Crippen molar-refractivity contribution < 1.29 is 9.59 Å². The number of carbonyl (C=O) groups excluding carboxylic acids is 2. The molecule has 0 saturated heterocycles. The summed E-state index contributed by atoms with van der Waals surface area (Å²) in [6.45, 7) is 1.82. The quantitative estimate of drug-likeness (QED) is 0.883. The van der Waals surface area contributed by atoms with E-state index in [1.165, 1.54) is 4.90 Å². The molecule has 2 amide bonds. The summed E-state index contributed by atoms with van der Waals surface area (Å²) >= 11 is 5.99. The van der Waals surface area contributed by atoms with Crippen LogP contribution >= 0.6 is 11.6 Å². The molecule has 1 rings (SSSR count). The molecule has 104 valence electrons. The van der Waals surface area contributed by atoms with Gasteiger partial charge in [0.15, 0.2) is 0 Å². The number of amides is 2. The number of carbonyl (C=O) groups is 2. The summed E-state index contributed by atoms with van der Waals surface area (Å²) in [5, 5.41) is 3.00. The lowest BCUT2D eigenvalue weighted by molar-refractivity contribution is -0.117. The van der Waals surface area contributed by atoms with Gasteiger partial charge in [0.05, 0.1) is 16.8 Å². The largest absolute Gasteiger partial charge is 0.345 e. The van der Waals surface area contributed by atoms with Crippen molar-refractivity contribution in [3.05, 3.63) is 28.8 Å². The van der Waals surface area contributed by atoms with Crippen LogP contribution in [0.5, 0.6) is 0 Å². The molecule has 0 bridgehead atoms. The topological polar surface area (TPSA) is 75.4 Å². The van der Waals surface area contributed by atoms with Crippen molar-refractivity contribution in [3.63, 3.8) is 0 Å². The van der Waals surface area contributed by atoms with E-state index in [0.717, 1.165) is 0 Å². The molecule has 0 saturated carbocycles. The maximum absolute atomic E-state index is 11.8. The number of hydrogen-bond acceptors (Lipinski definition) is 3. The third-order valence-electron chi connectivity index (χ3n) is 2.65. The van der Waals surface area contributed by atoms with Gasteiger partial charge in [-0.3, -0.25) is 9.59 Å². The Balaban J connectivity index is 2.98. The van der Waals surface area contributed by atoms with E-state index < -0.39 is 6.04 Å². The Labute approximate surface area is 117 Å². The molecule has 0 spiro atoms. The molecule has 0 fully saturated rings. The number of rotatable bonds is 4. The van der Waals surface area contributed by atoms with Crippen LogP contribution in [0.3, 0.4) is 0 Å². The van der Waals surface area contributed by atoms with Crippen LogP contribution in [0.2, 0.25) is 5.02 Å². The van der Waals surface area contributed by atoms with Crippen molar-refractivity contribution in [3.8, 4) is 0 Å². The van der Waals surface area contributed by atoms with Gasteiger partial charge in [-0.25, -0.2) is 0 Å². The Bertz CT molecular complexity index is 489. The molecule has 6 heteroatoms. The van der Waals surface area contributed by atoms with Crippen LogP contribution < -0.4 is 11.1 Å². The zero-order valence-corrected chi connectivity index (χ0v) is 12.0. The Hall–Kier alpha value is -1.59. The standard InChI is InChI=1S/C13H18ClN3O2/c1-4-10(15)12(18)16-11-7-8(5-6-9(11)14)13(19)17(2)3/h5-7,10H,4,15H2,1-3H3,(H,16,18). The van der Waals surface area contributed by atoms with Crippen LogP contribution in [0, 0.1) is 0 Å². The zero-order chi connectivity index (χ0) is 14.6. The first-order valence-electron chi connectivity index (χ1n) is 5.94. The number of nitrogens with two attached hydrogens (primary N) is 1. The first-order valence-corrected chi connectivity index (χ1v) is 6.32. The van der Waals surface area contributed by atoms with Crippen molar-refractivity contribution in [2.45, 2.75) is 19.4 Å². The van der Waals surface area contributed by atoms with Crippen molar-refractivity contribution in [2.75, 3.05) is 19.4 Å². The third kappa shape index (κ3) is 3.94. The molecular formula is C13H18ClN3O2. The highest BCUT2D eigenvalue weighted by molar-refractivity contribution is 6.34. The second kappa shape index (κ2) is 6.54. The number of anilines is 1. The van der Waals surface area contributed by atoms with E-state index in [9.17, 15) is 9.59 Å². The van der Waals surface area contributed by atoms with E-state index in [4.69, 9.17) is 17.3 Å². The van der Waals surface area contributed by atoms with Gasteiger partial charge in [-0.1, -0.05) is 18.5 Å². The smallest absolute Gasteiger partial charge is 0.253 e. The van der Waals surface area contributed by atoms with Gasteiger partial charge >= 0.3 is 0 Å². The fourth-order valence-electron chi connectivity index (χ4n) is 1.42. The molecule has 0 aromatic heterocycles. The van der Waals surface area contributed by atoms with Crippen LogP contribution in [-0.2, 0) is 4.79 Å². The first-order chi connectivity index (χ1) is 8.86. The molecule has 0 radical (unpaired) electrons. The van der Waals surface area contributed by atoms with Crippen LogP contribution in [-0.4, -0.2) is 36.9 Å². The predicted octanol–water partition coefficient (Wildman–Crippen LogP) is 1.72. The monoisotopic (exact) mass is 283 g/mol. The molecule has 0 heterocycles. The Kier molecular flexibility index (Phi) is 5.32. The van der Waals surface area contributed by atoms with Crippen molar-refractivity contribution >= 4 is 29.1 Å². The normalized spacial score (nSPS) is 11.8. The lowest BCUT2D eigenvalue weighted by Crippen LogP contribution is -2.35. The summed E-state index contributed by atoms with van der Waals surface area (Å²) in [5.41, 5.74) is 6.48. The average molecular weight is 284 g/mol. The minimum Gasteiger partial charge on any atom is -0.345 e. The first kappa shape index (κ1) is 15.5. The number of nitrogens with one attached hydrogen (secondary N) is 1. The lowest BCUT2D eigenvalue weighted by atomic mass is 10.1. The van der Waals surface area contributed by atoms with E-state index in [1.807, 2.05) is 6.92 Å². The molecule has 1 aromatic carbocycles. The van der Waals surface area contributed by atoms with Gasteiger partial charge in [0, 0.05) is 19.7 Å². The maximum atomic E-state index is 11.8. The number of hydrogen-bond donors (Lipinski definition) is 2. The Morgan fingerprint density at radius 3 is 2.58 bits per heavy atom. The molecule has 0 aliphatic heterocycles. The highest BCUT2D eigenvalue weighted by Crippen LogP contribution is 2.23. The average Bonchev–Trinajstić information content (AvgIpc) is 2.39. The summed E-state index contributed by atoms with van der Waals surface area (Å²) in [5.74, 6) is -0.481. The van der Waals surface area contributed by atoms with E-state index >= 15 is 0 Å². The van der Waals surface area contributed by atoms with Gasteiger partial charge in [0.1, 0.15) is 0 Å². The molecule has 0 aliphatic carbocycles. The lowest BCUT2D eigenvalue weighted by Gasteiger charge is -2.14. The van der Waals surface area contributed by atoms with Crippen LogP contribution in [0.4, 0.5) is 5.69 Å². The summed E-state index contributed by atoms with van der Waals surface area (Å²) in [4.78, 5) is 25.0. The van der Waals surface area contributed by atoms with Crippen molar-refractivity contribution in [2.24, 2.45) is 5.73 Å². The molecule has 3 N–H and O–H groups in total. The number of halogens is 1. The van der Waals surface area contributed by atoms with E-state index in [-0.39, 0.29) is 11.8 Å². The van der Waals surface area contributed by atoms with E-state index in [2.05, 4.69) is 5.32 Å². The Morgan fingerprint density at radius 2 is 2.05 bits per heavy atom. The highest BCUT2D eigenvalue weighted by atomic mass is 35.5. The highest BCUT2D eigenvalue weighted by Gasteiger charge is 2.15. The third-order valence-corrected chi connectivity index (χ3v) is 2.98. The second-order valence-corrected chi connectivity index (χ2v) is 4.81. The van der Waals surface area contributed by atoms with Gasteiger partial charge in [-0.2, -0.15) is 0 Å². The summed E-state index contributed by atoms with van der Waals surface area (Å²) < 4.78 is 0. The fraction of sp³-hybridized carbons (Fsp3) is 0.385. The molecule has 0 aliphatic rings. The SMILES string of the molecule is CCC(N)C(=O)Nc1cc(C(=O)N(C)C)ccc1Cl.